The van der Waals surface area contributed by atoms with Gasteiger partial charge in [0, 0.05) is 52.8 Å². The maximum absolute atomic E-state index is 13.7. The van der Waals surface area contributed by atoms with Crippen LogP contribution in [0.1, 0.15) is 52.5 Å². The maximum atomic E-state index is 13.7. The van der Waals surface area contributed by atoms with E-state index in [0.29, 0.717) is 65.4 Å². The van der Waals surface area contributed by atoms with Gasteiger partial charge in [0.25, 0.3) is 5.91 Å². The van der Waals surface area contributed by atoms with Crippen LogP contribution in [-0.4, -0.2) is 52.0 Å². The van der Waals surface area contributed by atoms with Crippen molar-refractivity contribution in [2.75, 3.05) is 25.0 Å². The van der Waals surface area contributed by atoms with Crippen molar-refractivity contribution < 1.29 is 14.4 Å². The highest BCUT2D eigenvalue weighted by molar-refractivity contribution is 8.01. The number of rotatable bonds is 3. The Bertz CT molecular complexity index is 1390. The van der Waals surface area contributed by atoms with Crippen molar-refractivity contribution in [1.29, 1.82) is 5.26 Å². The van der Waals surface area contributed by atoms with Crippen LogP contribution in [-0.2, 0) is 0 Å². The molecular weight excluding hydrogens is 482 g/mol. The lowest BCUT2D eigenvalue weighted by Crippen LogP contribution is -2.47. The maximum Gasteiger partial charge on any atom is 0.319 e. The summed E-state index contributed by atoms with van der Waals surface area (Å²) in [6.07, 6.45) is 3.45. The minimum atomic E-state index is -0.360. The molecule has 2 aliphatic rings. The number of nitrogens with zero attached hydrogens (tertiary/aromatic N) is 3. The van der Waals surface area contributed by atoms with Gasteiger partial charge in [-0.15, -0.1) is 11.8 Å². The van der Waals surface area contributed by atoms with Crippen LogP contribution in [0, 0.1) is 11.3 Å². The molecule has 3 amide bonds. The first-order valence-corrected chi connectivity index (χ1v) is 13.0. The number of likely N-dealkylation sites (tertiary alicyclic amines) is 1. The normalized spacial score (nSPS) is 16.6. The molecule has 10 heteroatoms. The molecule has 1 spiro atoms. The monoisotopic (exact) mass is 505 g/mol. The Morgan fingerprint density at radius 3 is 2.80 bits per heavy atom. The number of fused-ring (bicyclic) bond motifs is 2. The number of Topliss-reactive ketones (excluding diaryl/α,β-unsaturated/α-hetero) is 1. The molecule has 8 nitrogen and oxygen atoms in total. The van der Waals surface area contributed by atoms with E-state index in [2.05, 4.69) is 21.7 Å². The van der Waals surface area contributed by atoms with Crippen LogP contribution in [0.15, 0.2) is 41.4 Å². The number of carbonyl (C=O) groups excluding carboxylic acids is 3. The molecule has 1 saturated heterocycles. The molecule has 35 heavy (non-hydrogen) atoms. The lowest BCUT2D eigenvalue weighted by Gasteiger charge is -2.43. The molecular formula is C25H23N5O3S2. The second-order valence-electron chi connectivity index (χ2n) is 8.65. The van der Waals surface area contributed by atoms with Crippen LogP contribution in [0.25, 0.3) is 10.2 Å². The van der Waals surface area contributed by atoms with Crippen molar-refractivity contribution in [2.24, 2.45) is 0 Å². The molecule has 0 aliphatic carbocycles. The minimum absolute atomic E-state index is 0.0546. The van der Waals surface area contributed by atoms with Crippen LogP contribution in [0.4, 0.5) is 9.80 Å². The zero-order valence-electron chi connectivity index (χ0n) is 19.1. The molecule has 0 saturated carbocycles. The fourth-order valence-corrected chi connectivity index (χ4v) is 7.16. The van der Waals surface area contributed by atoms with Crippen molar-refractivity contribution in [3.63, 3.8) is 0 Å². The van der Waals surface area contributed by atoms with E-state index < -0.39 is 0 Å². The summed E-state index contributed by atoms with van der Waals surface area (Å²) in [7, 11) is 0. The van der Waals surface area contributed by atoms with Crippen molar-refractivity contribution in [1.82, 2.24) is 15.2 Å². The topological polar surface area (TPSA) is 115 Å². The average molecular weight is 506 g/mol. The first-order chi connectivity index (χ1) is 16.9. The molecule has 1 fully saturated rings. The van der Waals surface area contributed by atoms with Crippen molar-refractivity contribution >= 4 is 56.0 Å². The Hall–Kier alpha value is -3.42. The number of urea groups is 1. The Morgan fingerprint density at radius 2 is 2.06 bits per heavy atom. The van der Waals surface area contributed by atoms with Crippen molar-refractivity contribution in [3.8, 4) is 6.07 Å². The van der Waals surface area contributed by atoms with Gasteiger partial charge in [-0.1, -0.05) is 11.3 Å². The Kier molecular flexibility index (Phi) is 6.21. The molecule has 3 aromatic rings. The molecule has 5 rings (SSSR count). The molecule has 4 heterocycles. The lowest BCUT2D eigenvalue weighted by molar-refractivity contribution is 0.0699. The van der Waals surface area contributed by atoms with Gasteiger partial charge in [-0.2, -0.15) is 5.26 Å². The largest absolute Gasteiger partial charge is 0.338 e. The van der Waals surface area contributed by atoms with E-state index in [1.807, 2.05) is 24.0 Å². The van der Waals surface area contributed by atoms with Gasteiger partial charge in [0.05, 0.1) is 17.2 Å². The molecule has 0 radical (unpaired) electrons. The third-order valence-electron chi connectivity index (χ3n) is 6.42. The minimum Gasteiger partial charge on any atom is -0.338 e. The van der Waals surface area contributed by atoms with Crippen LogP contribution >= 0.6 is 23.1 Å². The summed E-state index contributed by atoms with van der Waals surface area (Å²) in [4.78, 5) is 46.6. The fourth-order valence-electron chi connectivity index (χ4n) is 4.66. The first kappa shape index (κ1) is 23.3. The number of aromatic nitrogens is 1. The van der Waals surface area contributed by atoms with E-state index in [-0.39, 0.29) is 22.5 Å². The van der Waals surface area contributed by atoms with Gasteiger partial charge in [-0.3, -0.25) is 14.9 Å². The number of thioether (sulfide) groups is 1. The van der Waals surface area contributed by atoms with E-state index in [0.717, 1.165) is 10.3 Å². The number of amides is 3. The van der Waals surface area contributed by atoms with E-state index in [4.69, 9.17) is 5.26 Å². The zero-order valence-corrected chi connectivity index (χ0v) is 20.7. The Labute approximate surface area is 210 Å². The highest BCUT2D eigenvalue weighted by Gasteiger charge is 2.43. The molecule has 0 bridgehead atoms. The molecule has 2 N–H and O–H groups in total. The van der Waals surface area contributed by atoms with Crippen molar-refractivity contribution in [3.05, 3.63) is 53.2 Å². The van der Waals surface area contributed by atoms with Gasteiger partial charge in [-0.25, -0.2) is 9.78 Å². The van der Waals surface area contributed by atoms with Crippen LogP contribution in [0.5, 0.6) is 0 Å². The quantitative estimate of drug-likeness (QED) is 0.535. The van der Waals surface area contributed by atoms with E-state index in [9.17, 15) is 14.4 Å². The lowest BCUT2D eigenvalue weighted by atomic mass is 9.87. The number of nitriles is 1. The summed E-state index contributed by atoms with van der Waals surface area (Å²) < 4.78 is -0.255. The fraction of sp³-hybridized carbons (Fsp3) is 0.320. The molecule has 0 atom stereocenters. The summed E-state index contributed by atoms with van der Waals surface area (Å²) in [6.45, 7) is 3.34. The first-order valence-electron chi connectivity index (χ1n) is 11.4. The van der Waals surface area contributed by atoms with Gasteiger partial charge in [0.2, 0.25) is 0 Å². The second-order valence-corrected chi connectivity index (χ2v) is 11.2. The van der Waals surface area contributed by atoms with Gasteiger partial charge in [0.1, 0.15) is 9.83 Å². The van der Waals surface area contributed by atoms with Crippen molar-refractivity contribution in [2.45, 2.75) is 35.8 Å². The number of hydrogen-bond acceptors (Lipinski definition) is 7. The number of ketones is 1. The Balaban J connectivity index is 1.37. The molecule has 2 aliphatic heterocycles. The standard InChI is InChI=1S/C25H23N5O3S2/c1-2-27-24(33)29-22-20(16-4-3-9-28-21(16)34-22)23(32)30-10-7-25(8-11-30)13-18(31)17-12-15(14-26)5-6-19(17)35-25/h3-6,9,12H,2,7-8,10-11,13H2,1H3,(H2,27,29,33). The predicted molar refractivity (Wildman–Crippen MR) is 136 cm³/mol. The highest BCUT2D eigenvalue weighted by Crippen LogP contribution is 2.49. The summed E-state index contributed by atoms with van der Waals surface area (Å²) in [6, 6.07) is 10.7. The third-order valence-corrected chi connectivity index (χ3v) is 9.02. The van der Waals surface area contributed by atoms with Gasteiger partial charge >= 0.3 is 6.03 Å². The molecule has 178 valence electrons. The summed E-state index contributed by atoms with van der Waals surface area (Å²) >= 11 is 2.98. The molecule has 0 unspecified atom stereocenters. The van der Waals surface area contributed by atoms with E-state index >= 15 is 0 Å². The third kappa shape index (κ3) is 4.37. The van der Waals surface area contributed by atoms with Gasteiger partial charge in [0.15, 0.2) is 5.78 Å². The molecule has 1 aromatic carbocycles. The Morgan fingerprint density at radius 1 is 1.26 bits per heavy atom. The summed E-state index contributed by atoms with van der Waals surface area (Å²) in [5.41, 5.74) is 1.57. The number of thiophene rings is 1. The number of benzene rings is 1. The SMILES string of the molecule is CCNC(=O)Nc1sc2ncccc2c1C(=O)N1CCC2(CC1)CC(=O)c1cc(C#N)ccc1S2. The number of carbonyl (C=O) groups is 3. The van der Waals surface area contributed by atoms with Crippen LogP contribution in [0.2, 0.25) is 0 Å². The van der Waals surface area contributed by atoms with Crippen LogP contribution < -0.4 is 10.6 Å². The van der Waals surface area contributed by atoms with Gasteiger partial charge < -0.3 is 10.2 Å². The second kappa shape index (κ2) is 9.32. The number of hydrogen-bond donors (Lipinski definition) is 2. The zero-order chi connectivity index (χ0) is 24.6. The average Bonchev–Trinajstić information content (AvgIpc) is 3.21. The number of nitrogens with one attached hydrogen (secondary N) is 2. The highest BCUT2D eigenvalue weighted by atomic mass is 32.2. The van der Waals surface area contributed by atoms with Crippen LogP contribution in [0.3, 0.4) is 0 Å². The number of anilines is 1. The number of pyridine rings is 1. The predicted octanol–water partition coefficient (Wildman–Crippen LogP) is 4.66. The van der Waals surface area contributed by atoms with E-state index in [1.54, 1.807) is 36.2 Å². The summed E-state index contributed by atoms with van der Waals surface area (Å²) in [5.74, 6) is -0.0870. The smallest absolute Gasteiger partial charge is 0.319 e. The summed E-state index contributed by atoms with van der Waals surface area (Å²) in [5, 5.41) is 15.9. The van der Waals surface area contributed by atoms with Gasteiger partial charge in [-0.05, 0) is 50.1 Å². The molecule has 2 aromatic heterocycles. The van der Waals surface area contributed by atoms with E-state index in [1.165, 1.54) is 11.3 Å². The number of piperidine rings is 1.